The van der Waals surface area contributed by atoms with E-state index in [9.17, 15) is 9.59 Å². The van der Waals surface area contributed by atoms with Crippen LogP contribution in [-0.4, -0.2) is 20.4 Å². The van der Waals surface area contributed by atoms with Gasteiger partial charge in [0.15, 0.2) is 0 Å². The third kappa shape index (κ3) is 3.53. The second-order valence-electron chi connectivity index (χ2n) is 6.35. The largest absolute Gasteiger partial charge is 0.344 e. The van der Waals surface area contributed by atoms with Crippen LogP contribution in [0.3, 0.4) is 0 Å². The van der Waals surface area contributed by atoms with Crippen LogP contribution >= 0.6 is 11.3 Å². The predicted molar refractivity (Wildman–Crippen MR) is 104 cm³/mol. The van der Waals surface area contributed by atoms with Crippen molar-refractivity contribution in [3.63, 3.8) is 0 Å². The van der Waals surface area contributed by atoms with Gasteiger partial charge in [-0.1, -0.05) is 25.8 Å². The molecule has 0 radical (unpaired) electrons. The number of carbonyl (C=O) groups excluding carboxylic acids is 1. The van der Waals surface area contributed by atoms with Gasteiger partial charge in [-0.3, -0.25) is 14.6 Å². The van der Waals surface area contributed by atoms with Gasteiger partial charge in [0.05, 0.1) is 22.6 Å². The van der Waals surface area contributed by atoms with E-state index in [2.05, 4.69) is 22.2 Å². The van der Waals surface area contributed by atoms with Crippen molar-refractivity contribution in [3.8, 4) is 0 Å². The maximum Gasteiger partial charge on any atom is 0.262 e. The Bertz CT molecular complexity index is 978. The number of aryl methyl sites for hydroxylation is 2. The van der Waals surface area contributed by atoms with Crippen molar-refractivity contribution in [2.24, 2.45) is 7.05 Å². The van der Waals surface area contributed by atoms with E-state index in [1.54, 1.807) is 19.4 Å². The Hall–Kier alpha value is -2.54. The molecule has 6 nitrogen and oxygen atoms in total. The van der Waals surface area contributed by atoms with Crippen LogP contribution in [0.4, 0.5) is 0 Å². The summed E-state index contributed by atoms with van der Waals surface area (Å²) in [7, 11) is 1.66. The van der Waals surface area contributed by atoms with E-state index in [1.165, 1.54) is 22.2 Å². The third-order valence-electron chi connectivity index (χ3n) is 4.46. The lowest BCUT2D eigenvalue weighted by Gasteiger charge is -2.18. The Balaban J connectivity index is 1.93. The smallest absolute Gasteiger partial charge is 0.262 e. The van der Waals surface area contributed by atoms with Crippen LogP contribution in [0.25, 0.3) is 10.2 Å². The second-order valence-corrected chi connectivity index (χ2v) is 7.35. The standard InChI is InChI=1S/C19H22N4O2S/c1-4-5-8-14(13-7-6-9-20-10-13)22-17(24)16-12(2)15-18(26-16)21-11-23(3)19(15)25/h6-7,9-11,14H,4-5,8H2,1-3H3,(H,22,24)/t14-/m1/s1. The van der Waals surface area contributed by atoms with Crippen molar-refractivity contribution in [3.05, 3.63) is 57.2 Å². The minimum atomic E-state index is -0.169. The third-order valence-corrected chi connectivity index (χ3v) is 5.65. The molecule has 0 bridgehead atoms. The summed E-state index contributed by atoms with van der Waals surface area (Å²) in [5, 5.41) is 3.64. The number of nitrogens with one attached hydrogen (secondary N) is 1. The maximum absolute atomic E-state index is 12.9. The zero-order valence-corrected chi connectivity index (χ0v) is 16.0. The van der Waals surface area contributed by atoms with Gasteiger partial charge in [-0.2, -0.15) is 0 Å². The van der Waals surface area contributed by atoms with Gasteiger partial charge in [-0.15, -0.1) is 11.3 Å². The Labute approximate surface area is 155 Å². The first-order valence-electron chi connectivity index (χ1n) is 8.68. The van der Waals surface area contributed by atoms with Crippen molar-refractivity contribution in [1.82, 2.24) is 19.9 Å². The minimum Gasteiger partial charge on any atom is -0.344 e. The molecule has 7 heteroatoms. The topological polar surface area (TPSA) is 76.9 Å². The molecule has 3 heterocycles. The molecule has 26 heavy (non-hydrogen) atoms. The highest BCUT2D eigenvalue weighted by molar-refractivity contribution is 7.20. The summed E-state index contributed by atoms with van der Waals surface area (Å²) in [6.07, 6.45) is 7.90. The van der Waals surface area contributed by atoms with Crippen LogP contribution in [0, 0.1) is 6.92 Å². The van der Waals surface area contributed by atoms with E-state index < -0.39 is 0 Å². The quantitative estimate of drug-likeness (QED) is 0.722. The molecule has 0 unspecified atom stereocenters. The molecular formula is C19H22N4O2S. The summed E-state index contributed by atoms with van der Waals surface area (Å²) in [5.41, 5.74) is 1.55. The zero-order chi connectivity index (χ0) is 18.7. The number of fused-ring (bicyclic) bond motifs is 1. The monoisotopic (exact) mass is 370 g/mol. The molecule has 0 spiro atoms. The summed E-state index contributed by atoms with van der Waals surface area (Å²) in [6, 6.07) is 3.75. The Kier molecular flexibility index (Phi) is 5.46. The lowest BCUT2D eigenvalue weighted by Crippen LogP contribution is -2.28. The summed E-state index contributed by atoms with van der Waals surface area (Å²) in [6.45, 7) is 3.93. The first kappa shape index (κ1) is 18.3. The average Bonchev–Trinajstić information content (AvgIpc) is 2.99. The van der Waals surface area contributed by atoms with Gasteiger partial charge in [0, 0.05) is 19.4 Å². The molecule has 0 saturated carbocycles. The normalized spacial score (nSPS) is 12.3. The van der Waals surface area contributed by atoms with Gasteiger partial charge in [-0.05, 0) is 30.5 Å². The number of pyridine rings is 1. The van der Waals surface area contributed by atoms with Crippen molar-refractivity contribution in [2.75, 3.05) is 0 Å². The lowest BCUT2D eigenvalue weighted by molar-refractivity contribution is 0.0937. The van der Waals surface area contributed by atoms with Crippen molar-refractivity contribution in [1.29, 1.82) is 0 Å². The van der Waals surface area contributed by atoms with Crippen LogP contribution in [-0.2, 0) is 7.05 Å². The number of rotatable bonds is 6. The molecule has 1 atom stereocenters. The van der Waals surface area contributed by atoms with Crippen molar-refractivity contribution in [2.45, 2.75) is 39.2 Å². The molecule has 1 N–H and O–H groups in total. The summed E-state index contributed by atoms with van der Waals surface area (Å²) >= 11 is 1.26. The van der Waals surface area contributed by atoms with E-state index in [4.69, 9.17) is 0 Å². The summed E-state index contributed by atoms with van der Waals surface area (Å²) in [5.74, 6) is -0.169. The highest BCUT2D eigenvalue weighted by atomic mass is 32.1. The summed E-state index contributed by atoms with van der Waals surface area (Å²) in [4.78, 5) is 34.9. The molecule has 136 valence electrons. The van der Waals surface area contributed by atoms with Crippen LogP contribution in [0.1, 0.15) is 53.0 Å². The molecule has 3 rings (SSSR count). The molecule has 1 amide bonds. The molecule has 3 aromatic heterocycles. The first-order valence-corrected chi connectivity index (χ1v) is 9.50. The fourth-order valence-electron chi connectivity index (χ4n) is 2.96. The number of hydrogen-bond donors (Lipinski definition) is 1. The first-order chi connectivity index (χ1) is 12.5. The fraction of sp³-hybridized carbons (Fsp3) is 0.368. The number of nitrogens with zero attached hydrogens (tertiary/aromatic N) is 3. The Morgan fingerprint density at radius 3 is 2.92 bits per heavy atom. The zero-order valence-electron chi connectivity index (χ0n) is 15.2. The lowest BCUT2D eigenvalue weighted by atomic mass is 10.0. The number of aromatic nitrogens is 3. The highest BCUT2D eigenvalue weighted by Gasteiger charge is 2.22. The number of carbonyl (C=O) groups is 1. The Morgan fingerprint density at radius 1 is 1.42 bits per heavy atom. The highest BCUT2D eigenvalue weighted by Crippen LogP contribution is 2.28. The average molecular weight is 370 g/mol. The van der Waals surface area contributed by atoms with E-state index in [-0.39, 0.29) is 17.5 Å². The molecular weight excluding hydrogens is 348 g/mol. The second kappa shape index (κ2) is 7.78. The SMILES string of the molecule is CCCC[C@@H](NC(=O)c1sc2ncn(C)c(=O)c2c1C)c1cccnc1. The van der Waals surface area contributed by atoms with E-state index in [0.29, 0.717) is 20.7 Å². The molecule has 0 aliphatic rings. The maximum atomic E-state index is 12.9. The van der Waals surface area contributed by atoms with Gasteiger partial charge in [0.25, 0.3) is 11.5 Å². The van der Waals surface area contributed by atoms with Crippen molar-refractivity contribution >= 4 is 27.5 Å². The Morgan fingerprint density at radius 2 is 2.23 bits per heavy atom. The number of unbranched alkanes of at least 4 members (excludes halogenated alkanes) is 1. The predicted octanol–water partition coefficient (Wildman–Crippen LogP) is 3.36. The number of hydrogen-bond acceptors (Lipinski definition) is 5. The van der Waals surface area contributed by atoms with Crippen molar-refractivity contribution < 1.29 is 4.79 Å². The van der Waals surface area contributed by atoms with Gasteiger partial charge < -0.3 is 9.88 Å². The minimum absolute atomic E-state index is 0.100. The molecule has 0 fully saturated rings. The summed E-state index contributed by atoms with van der Waals surface area (Å²) < 4.78 is 1.43. The van der Waals surface area contributed by atoms with E-state index in [0.717, 1.165) is 24.8 Å². The van der Waals surface area contributed by atoms with Gasteiger partial charge in [0.1, 0.15) is 4.83 Å². The molecule has 3 aromatic rings. The van der Waals surface area contributed by atoms with E-state index in [1.807, 2.05) is 19.1 Å². The molecule has 0 aliphatic heterocycles. The van der Waals surface area contributed by atoms with Crippen LogP contribution in [0.2, 0.25) is 0 Å². The number of amides is 1. The number of thiophene rings is 1. The van der Waals surface area contributed by atoms with E-state index >= 15 is 0 Å². The van der Waals surface area contributed by atoms with Crippen LogP contribution in [0.5, 0.6) is 0 Å². The fourth-order valence-corrected chi connectivity index (χ4v) is 4.00. The molecule has 0 aromatic carbocycles. The molecule has 0 saturated heterocycles. The van der Waals surface area contributed by atoms with Crippen LogP contribution < -0.4 is 10.9 Å². The van der Waals surface area contributed by atoms with Gasteiger partial charge in [-0.25, -0.2) is 4.98 Å². The van der Waals surface area contributed by atoms with Gasteiger partial charge >= 0.3 is 0 Å². The molecule has 0 aliphatic carbocycles. The van der Waals surface area contributed by atoms with Crippen LogP contribution in [0.15, 0.2) is 35.6 Å². The van der Waals surface area contributed by atoms with Gasteiger partial charge in [0.2, 0.25) is 0 Å².